The van der Waals surface area contributed by atoms with E-state index in [1.165, 1.54) is 12.8 Å². The molecule has 3 aliphatic rings. The van der Waals surface area contributed by atoms with Gasteiger partial charge in [-0.25, -0.2) is 0 Å². The molecule has 27 heavy (non-hydrogen) atoms. The average molecular weight is 370 g/mol. The molecule has 3 heterocycles. The molecule has 2 atom stereocenters. The summed E-state index contributed by atoms with van der Waals surface area (Å²) < 4.78 is 0. The second kappa shape index (κ2) is 8.01. The molecule has 0 radical (unpaired) electrons. The van der Waals surface area contributed by atoms with Crippen molar-refractivity contribution in [3.05, 3.63) is 35.4 Å². The van der Waals surface area contributed by atoms with Gasteiger partial charge in [0.25, 0.3) is 5.91 Å². The van der Waals surface area contributed by atoms with E-state index in [2.05, 4.69) is 5.32 Å². The predicted octanol–water partition coefficient (Wildman–Crippen LogP) is 2.59. The molecule has 2 amide bonds. The number of aryl methyl sites for hydroxylation is 1. The number of carbonyl (C=O) groups excluding carboxylic acids is 2. The van der Waals surface area contributed by atoms with Crippen LogP contribution in [0.2, 0.25) is 0 Å². The Labute approximate surface area is 162 Å². The second-order valence-electron chi connectivity index (χ2n) is 8.58. The van der Waals surface area contributed by atoms with Gasteiger partial charge in [0.05, 0.1) is 0 Å². The zero-order valence-electron chi connectivity index (χ0n) is 16.3. The number of carbonyl (C=O) groups is 2. The number of piperidine rings is 1. The average Bonchev–Trinajstić information content (AvgIpc) is 2.86. The fourth-order valence-corrected chi connectivity index (χ4v) is 5.05. The van der Waals surface area contributed by atoms with Crippen LogP contribution in [-0.2, 0) is 4.79 Å². The number of amides is 2. The molecule has 0 aromatic heterocycles. The minimum atomic E-state index is 0.0860. The summed E-state index contributed by atoms with van der Waals surface area (Å²) in [5.74, 6) is 0.901. The minimum Gasteiger partial charge on any atom is -0.341 e. The van der Waals surface area contributed by atoms with Gasteiger partial charge in [-0.3, -0.25) is 9.59 Å². The van der Waals surface area contributed by atoms with Crippen molar-refractivity contribution in [2.24, 2.45) is 5.92 Å². The van der Waals surface area contributed by atoms with Crippen molar-refractivity contribution in [1.29, 1.82) is 0 Å². The molecule has 4 rings (SSSR count). The molecular weight excluding hydrogens is 338 g/mol. The molecular formula is C22H31N3O2. The smallest absolute Gasteiger partial charge is 0.253 e. The summed E-state index contributed by atoms with van der Waals surface area (Å²) >= 11 is 0. The maximum Gasteiger partial charge on any atom is 0.253 e. The van der Waals surface area contributed by atoms with Crippen LogP contribution >= 0.6 is 0 Å². The maximum absolute atomic E-state index is 12.8. The van der Waals surface area contributed by atoms with Crippen LogP contribution < -0.4 is 5.32 Å². The van der Waals surface area contributed by atoms with Crippen molar-refractivity contribution in [3.63, 3.8) is 0 Å². The van der Waals surface area contributed by atoms with Crippen LogP contribution in [0.4, 0.5) is 0 Å². The standard InChI is InChI=1S/C22H31N3O2/c1-16-4-2-5-18(12-16)22(27)25-9-3-8-24(10-11-25)21(26)15-17-13-19-6-7-20(14-17)23-19/h2,4-5,12,17,19-20,23H,3,6-11,13-15H2,1H3. The molecule has 3 aliphatic heterocycles. The fraction of sp³-hybridized carbons (Fsp3) is 0.636. The van der Waals surface area contributed by atoms with Crippen LogP contribution in [0.15, 0.2) is 24.3 Å². The van der Waals surface area contributed by atoms with Gasteiger partial charge >= 0.3 is 0 Å². The van der Waals surface area contributed by atoms with E-state index in [0.29, 0.717) is 37.5 Å². The van der Waals surface area contributed by atoms with Gasteiger partial charge in [0, 0.05) is 50.2 Å². The molecule has 1 N–H and O–H groups in total. The molecule has 3 fully saturated rings. The number of benzene rings is 1. The first-order chi connectivity index (χ1) is 13.1. The third-order valence-electron chi connectivity index (χ3n) is 6.43. The lowest BCUT2D eigenvalue weighted by Crippen LogP contribution is -2.41. The van der Waals surface area contributed by atoms with Crippen LogP contribution in [0.3, 0.4) is 0 Å². The number of rotatable bonds is 3. The normalized spacial score (nSPS) is 28.1. The highest BCUT2D eigenvalue weighted by Gasteiger charge is 2.35. The Bertz CT molecular complexity index is 693. The van der Waals surface area contributed by atoms with E-state index in [4.69, 9.17) is 0 Å². The van der Waals surface area contributed by atoms with Crippen LogP contribution in [0.5, 0.6) is 0 Å². The van der Waals surface area contributed by atoms with E-state index in [-0.39, 0.29) is 11.8 Å². The van der Waals surface area contributed by atoms with Gasteiger partial charge in [-0.1, -0.05) is 17.7 Å². The highest BCUT2D eigenvalue weighted by molar-refractivity contribution is 5.94. The Morgan fingerprint density at radius 3 is 2.48 bits per heavy atom. The van der Waals surface area contributed by atoms with Crippen LogP contribution in [-0.4, -0.2) is 59.9 Å². The summed E-state index contributed by atoms with van der Waals surface area (Å²) in [4.78, 5) is 29.5. The van der Waals surface area contributed by atoms with Crippen LogP contribution in [0.25, 0.3) is 0 Å². The van der Waals surface area contributed by atoms with Gasteiger partial charge in [-0.05, 0) is 57.1 Å². The number of hydrogen-bond acceptors (Lipinski definition) is 3. The van der Waals surface area contributed by atoms with Gasteiger partial charge in [-0.2, -0.15) is 0 Å². The molecule has 5 nitrogen and oxygen atoms in total. The SMILES string of the molecule is Cc1cccc(C(=O)N2CCCN(C(=O)CC3CC4CCC(C3)N4)CC2)c1. The second-order valence-corrected chi connectivity index (χ2v) is 8.58. The first kappa shape index (κ1) is 18.5. The summed E-state index contributed by atoms with van der Waals surface area (Å²) in [6.45, 7) is 4.80. The highest BCUT2D eigenvalue weighted by atomic mass is 16.2. The lowest BCUT2D eigenvalue weighted by molar-refractivity contribution is -0.132. The van der Waals surface area contributed by atoms with Crippen molar-refractivity contribution in [3.8, 4) is 0 Å². The van der Waals surface area contributed by atoms with E-state index in [9.17, 15) is 9.59 Å². The molecule has 3 saturated heterocycles. The van der Waals surface area contributed by atoms with E-state index in [1.54, 1.807) is 0 Å². The maximum atomic E-state index is 12.8. The zero-order valence-corrected chi connectivity index (χ0v) is 16.3. The molecule has 0 aliphatic carbocycles. The Balaban J connectivity index is 1.31. The molecule has 1 aromatic rings. The first-order valence-corrected chi connectivity index (χ1v) is 10.5. The summed E-state index contributed by atoms with van der Waals surface area (Å²) in [5.41, 5.74) is 1.85. The first-order valence-electron chi connectivity index (χ1n) is 10.5. The minimum absolute atomic E-state index is 0.0860. The van der Waals surface area contributed by atoms with Crippen LogP contribution in [0, 0.1) is 12.8 Å². The molecule has 2 unspecified atom stereocenters. The van der Waals surface area contributed by atoms with Crippen LogP contribution in [0.1, 0.15) is 54.4 Å². The molecule has 5 heteroatoms. The van der Waals surface area contributed by atoms with Gasteiger partial charge in [0.2, 0.25) is 5.91 Å². The monoisotopic (exact) mass is 369 g/mol. The van der Waals surface area contributed by atoms with Crippen molar-refractivity contribution in [2.45, 2.75) is 57.5 Å². The Hall–Kier alpha value is -1.88. The fourth-order valence-electron chi connectivity index (χ4n) is 5.05. The summed E-state index contributed by atoms with van der Waals surface area (Å²) in [7, 11) is 0. The number of nitrogens with zero attached hydrogens (tertiary/aromatic N) is 2. The lowest BCUT2D eigenvalue weighted by Gasteiger charge is -2.30. The number of fused-ring (bicyclic) bond motifs is 2. The zero-order chi connectivity index (χ0) is 18.8. The third-order valence-corrected chi connectivity index (χ3v) is 6.43. The largest absolute Gasteiger partial charge is 0.341 e. The third kappa shape index (κ3) is 4.34. The summed E-state index contributed by atoms with van der Waals surface area (Å²) in [5, 5.41) is 3.65. The molecule has 0 spiro atoms. The molecule has 1 aromatic carbocycles. The van der Waals surface area contributed by atoms with Crippen molar-refractivity contribution in [1.82, 2.24) is 15.1 Å². The summed E-state index contributed by atoms with van der Waals surface area (Å²) in [6, 6.07) is 9.03. The van der Waals surface area contributed by atoms with E-state index in [0.717, 1.165) is 43.5 Å². The van der Waals surface area contributed by atoms with E-state index < -0.39 is 0 Å². The van der Waals surface area contributed by atoms with Crippen molar-refractivity contribution in [2.75, 3.05) is 26.2 Å². The van der Waals surface area contributed by atoms with E-state index in [1.807, 2.05) is 41.0 Å². The lowest BCUT2D eigenvalue weighted by atomic mass is 9.89. The number of nitrogens with one attached hydrogen (secondary N) is 1. The van der Waals surface area contributed by atoms with Gasteiger partial charge < -0.3 is 15.1 Å². The highest BCUT2D eigenvalue weighted by Crippen LogP contribution is 2.33. The van der Waals surface area contributed by atoms with Gasteiger partial charge in [-0.15, -0.1) is 0 Å². The van der Waals surface area contributed by atoms with Gasteiger partial charge in [0.1, 0.15) is 0 Å². The summed E-state index contributed by atoms with van der Waals surface area (Å²) in [6.07, 6.45) is 6.38. The molecule has 2 bridgehead atoms. The Morgan fingerprint density at radius 1 is 1.04 bits per heavy atom. The topological polar surface area (TPSA) is 52.7 Å². The Morgan fingerprint density at radius 2 is 1.74 bits per heavy atom. The quantitative estimate of drug-likeness (QED) is 0.891. The Kier molecular flexibility index (Phi) is 5.48. The predicted molar refractivity (Wildman–Crippen MR) is 106 cm³/mol. The molecule has 146 valence electrons. The van der Waals surface area contributed by atoms with Gasteiger partial charge in [0.15, 0.2) is 0 Å². The number of hydrogen-bond donors (Lipinski definition) is 1. The van der Waals surface area contributed by atoms with E-state index >= 15 is 0 Å². The van der Waals surface area contributed by atoms with Crippen molar-refractivity contribution < 1.29 is 9.59 Å². The van der Waals surface area contributed by atoms with Crippen molar-refractivity contribution >= 4 is 11.8 Å². The molecule has 0 saturated carbocycles.